The third-order valence-corrected chi connectivity index (χ3v) is 2.68. The molecule has 100 valence electrons. The second-order valence-corrected chi connectivity index (χ2v) is 4.03. The summed E-state index contributed by atoms with van der Waals surface area (Å²) in [5, 5.41) is 0. The summed E-state index contributed by atoms with van der Waals surface area (Å²) in [5.74, 6) is 0.518. The monoisotopic (exact) mass is 263 g/mol. The van der Waals surface area contributed by atoms with E-state index in [1.807, 2.05) is 6.92 Å². The molecule has 2 aromatic rings. The number of H-pyrrole nitrogens is 1. The molecule has 0 aliphatic heterocycles. The van der Waals surface area contributed by atoms with Crippen molar-refractivity contribution in [3.05, 3.63) is 50.4 Å². The first-order valence-corrected chi connectivity index (χ1v) is 5.80. The van der Waals surface area contributed by atoms with Crippen molar-refractivity contribution < 1.29 is 9.21 Å². The summed E-state index contributed by atoms with van der Waals surface area (Å²) in [6.45, 7) is 3.06. The zero-order valence-corrected chi connectivity index (χ0v) is 10.6. The largest absolute Gasteiger partial charge is 0.444 e. The summed E-state index contributed by atoms with van der Waals surface area (Å²) >= 11 is 0. The summed E-state index contributed by atoms with van der Waals surface area (Å²) in [7, 11) is 0. The van der Waals surface area contributed by atoms with Crippen LogP contribution in [0.4, 0.5) is 0 Å². The van der Waals surface area contributed by atoms with Gasteiger partial charge in [0, 0.05) is 12.6 Å². The number of carbonyl (C=O) groups excluding carboxylic acids is 1. The van der Waals surface area contributed by atoms with Gasteiger partial charge in [0.1, 0.15) is 12.3 Å². The lowest BCUT2D eigenvalue weighted by Gasteiger charge is -2.02. The highest BCUT2D eigenvalue weighted by Crippen LogP contribution is 2.04. The summed E-state index contributed by atoms with van der Waals surface area (Å²) in [6, 6.07) is 0. The van der Waals surface area contributed by atoms with Gasteiger partial charge in [0.2, 0.25) is 5.89 Å². The van der Waals surface area contributed by atoms with E-state index in [0.717, 1.165) is 10.8 Å². The molecular weight excluding hydrogens is 250 g/mol. The molecule has 0 aromatic carbocycles. The Kier molecular flexibility index (Phi) is 3.46. The van der Waals surface area contributed by atoms with Crippen LogP contribution in [0.3, 0.4) is 0 Å². The molecule has 0 radical (unpaired) electrons. The van der Waals surface area contributed by atoms with E-state index in [2.05, 4.69) is 9.97 Å². The van der Waals surface area contributed by atoms with Crippen molar-refractivity contribution in [2.24, 2.45) is 0 Å². The van der Waals surface area contributed by atoms with Crippen LogP contribution in [-0.4, -0.2) is 20.3 Å². The molecule has 0 aliphatic rings. The van der Waals surface area contributed by atoms with Crippen molar-refractivity contribution in [2.75, 3.05) is 0 Å². The first kappa shape index (κ1) is 13.0. The SMILES string of the molecule is CCc1cnc(Cn2c(=O)[nH]cc(C(C)=O)c2=O)o1. The molecule has 0 bridgehead atoms. The van der Waals surface area contributed by atoms with Crippen molar-refractivity contribution in [2.45, 2.75) is 26.8 Å². The molecule has 0 amide bonds. The topological polar surface area (TPSA) is 98.0 Å². The Morgan fingerprint density at radius 3 is 2.79 bits per heavy atom. The number of hydrogen-bond donors (Lipinski definition) is 1. The fourth-order valence-electron chi connectivity index (χ4n) is 1.63. The van der Waals surface area contributed by atoms with Crippen LogP contribution < -0.4 is 11.2 Å². The fraction of sp³-hybridized carbons (Fsp3) is 0.333. The molecule has 0 saturated heterocycles. The number of aromatic nitrogens is 3. The van der Waals surface area contributed by atoms with E-state index < -0.39 is 17.0 Å². The number of nitrogens with one attached hydrogen (secondary N) is 1. The Hall–Kier alpha value is -2.44. The first-order chi connectivity index (χ1) is 9.02. The molecule has 2 rings (SSSR count). The van der Waals surface area contributed by atoms with Crippen molar-refractivity contribution in [3.63, 3.8) is 0 Å². The zero-order chi connectivity index (χ0) is 14.0. The van der Waals surface area contributed by atoms with E-state index in [4.69, 9.17) is 4.42 Å². The number of ketones is 1. The molecule has 0 spiro atoms. The lowest BCUT2D eigenvalue weighted by Crippen LogP contribution is -2.38. The van der Waals surface area contributed by atoms with Gasteiger partial charge in [0.05, 0.1) is 11.8 Å². The molecule has 0 fully saturated rings. The summed E-state index contributed by atoms with van der Waals surface area (Å²) in [6.07, 6.45) is 3.34. The van der Waals surface area contributed by atoms with Crippen LogP contribution in [0.2, 0.25) is 0 Å². The van der Waals surface area contributed by atoms with Crippen LogP contribution in [0.25, 0.3) is 0 Å². The standard InChI is InChI=1S/C12H13N3O4/c1-3-8-4-13-10(19-8)6-15-11(17)9(7(2)16)5-14-12(15)18/h4-5H,3,6H2,1-2H3,(H,14,18). The number of aromatic amines is 1. The quantitative estimate of drug-likeness (QED) is 0.802. The van der Waals surface area contributed by atoms with Crippen molar-refractivity contribution in [3.8, 4) is 0 Å². The smallest absolute Gasteiger partial charge is 0.328 e. The fourth-order valence-corrected chi connectivity index (χ4v) is 1.63. The molecule has 0 unspecified atom stereocenters. The first-order valence-electron chi connectivity index (χ1n) is 5.80. The number of oxazole rings is 1. The maximum absolute atomic E-state index is 12.0. The summed E-state index contributed by atoms with van der Waals surface area (Å²) < 4.78 is 6.23. The minimum atomic E-state index is -0.646. The van der Waals surface area contributed by atoms with E-state index in [1.54, 1.807) is 6.20 Å². The molecule has 0 aliphatic carbocycles. The average molecular weight is 263 g/mol. The van der Waals surface area contributed by atoms with Crippen LogP contribution in [0.5, 0.6) is 0 Å². The van der Waals surface area contributed by atoms with Crippen LogP contribution in [-0.2, 0) is 13.0 Å². The molecule has 7 heteroatoms. The second kappa shape index (κ2) is 5.05. The zero-order valence-electron chi connectivity index (χ0n) is 10.6. The maximum atomic E-state index is 12.0. The van der Waals surface area contributed by atoms with E-state index in [-0.39, 0.29) is 18.0 Å². The van der Waals surface area contributed by atoms with Gasteiger partial charge in [0.25, 0.3) is 5.56 Å². The lowest BCUT2D eigenvalue weighted by molar-refractivity contribution is 0.101. The van der Waals surface area contributed by atoms with Gasteiger partial charge < -0.3 is 9.40 Å². The predicted octanol–water partition coefficient (Wildman–Crippen LogP) is 0.338. The van der Waals surface area contributed by atoms with Gasteiger partial charge >= 0.3 is 5.69 Å². The minimum Gasteiger partial charge on any atom is -0.444 e. The van der Waals surface area contributed by atoms with Gasteiger partial charge in [-0.2, -0.15) is 0 Å². The third-order valence-electron chi connectivity index (χ3n) is 2.68. The molecule has 2 aromatic heterocycles. The third kappa shape index (κ3) is 2.54. The number of nitrogens with zero attached hydrogens (tertiary/aromatic N) is 2. The number of Topliss-reactive ketones (excluding diaryl/α,β-unsaturated/α-hetero) is 1. The van der Waals surface area contributed by atoms with Crippen molar-refractivity contribution >= 4 is 5.78 Å². The van der Waals surface area contributed by atoms with Gasteiger partial charge in [-0.3, -0.25) is 14.2 Å². The van der Waals surface area contributed by atoms with Crippen LogP contribution >= 0.6 is 0 Å². The molecule has 1 N–H and O–H groups in total. The molecule has 0 saturated carbocycles. The van der Waals surface area contributed by atoms with Crippen molar-refractivity contribution in [1.82, 2.24) is 14.5 Å². The molecular formula is C12H13N3O4. The van der Waals surface area contributed by atoms with Gasteiger partial charge in [0.15, 0.2) is 5.78 Å². The Labute approximate surface area is 107 Å². The van der Waals surface area contributed by atoms with E-state index >= 15 is 0 Å². The van der Waals surface area contributed by atoms with Crippen LogP contribution in [0.1, 0.15) is 35.9 Å². The van der Waals surface area contributed by atoms with Gasteiger partial charge in [-0.1, -0.05) is 6.92 Å². The Balaban J connectivity index is 2.45. The average Bonchev–Trinajstić information content (AvgIpc) is 2.81. The summed E-state index contributed by atoms with van der Waals surface area (Å²) in [4.78, 5) is 41.2. The lowest BCUT2D eigenvalue weighted by atomic mass is 10.2. The van der Waals surface area contributed by atoms with Crippen LogP contribution in [0, 0.1) is 0 Å². The number of aryl methyl sites for hydroxylation is 1. The Bertz CT molecular complexity index is 723. The van der Waals surface area contributed by atoms with Crippen LogP contribution in [0.15, 0.2) is 26.4 Å². The summed E-state index contributed by atoms with van der Waals surface area (Å²) in [5.41, 5.74) is -1.32. The predicted molar refractivity (Wildman–Crippen MR) is 66.3 cm³/mol. The van der Waals surface area contributed by atoms with Gasteiger partial charge in [-0.25, -0.2) is 9.78 Å². The highest BCUT2D eigenvalue weighted by molar-refractivity contribution is 5.93. The molecule has 0 atom stereocenters. The second-order valence-electron chi connectivity index (χ2n) is 4.03. The van der Waals surface area contributed by atoms with Crippen molar-refractivity contribution in [1.29, 1.82) is 0 Å². The van der Waals surface area contributed by atoms with E-state index in [1.165, 1.54) is 6.92 Å². The highest BCUT2D eigenvalue weighted by atomic mass is 16.4. The Morgan fingerprint density at radius 1 is 1.47 bits per heavy atom. The molecule has 2 heterocycles. The number of hydrogen-bond acceptors (Lipinski definition) is 5. The normalized spacial score (nSPS) is 10.6. The molecule has 19 heavy (non-hydrogen) atoms. The Morgan fingerprint density at radius 2 is 2.21 bits per heavy atom. The minimum absolute atomic E-state index is 0.0677. The maximum Gasteiger partial charge on any atom is 0.328 e. The molecule has 7 nitrogen and oxygen atoms in total. The number of rotatable bonds is 4. The van der Waals surface area contributed by atoms with Gasteiger partial charge in [-0.15, -0.1) is 0 Å². The van der Waals surface area contributed by atoms with E-state index in [0.29, 0.717) is 12.2 Å². The van der Waals surface area contributed by atoms with E-state index in [9.17, 15) is 14.4 Å². The van der Waals surface area contributed by atoms with Gasteiger partial charge in [-0.05, 0) is 6.92 Å². The number of carbonyl (C=O) groups is 1. The highest BCUT2D eigenvalue weighted by Gasteiger charge is 2.13.